The third kappa shape index (κ3) is 3.51. The highest BCUT2D eigenvalue weighted by Crippen LogP contribution is 2.18. The van der Waals surface area contributed by atoms with Crippen molar-refractivity contribution < 1.29 is 9.18 Å². The molecule has 0 atom stereocenters. The van der Waals surface area contributed by atoms with Gasteiger partial charge in [-0.25, -0.2) is 9.37 Å². The molecule has 3 aromatic rings. The van der Waals surface area contributed by atoms with Crippen molar-refractivity contribution in [1.29, 1.82) is 0 Å². The summed E-state index contributed by atoms with van der Waals surface area (Å²) in [5.41, 5.74) is 2.92. The van der Waals surface area contributed by atoms with E-state index in [1.807, 2.05) is 24.3 Å². The number of amides is 1. The van der Waals surface area contributed by atoms with E-state index in [-0.39, 0.29) is 11.7 Å². The molecule has 0 aliphatic rings. The number of fused-ring (bicyclic) bond motifs is 1. The maximum Gasteiger partial charge on any atom is 0.243 e. The van der Waals surface area contributed by atoms with Gasteiger partial charge in [0.2, 0.25) is 5.91 Å². The first-order chi connectivity index (χ1) is 11.7. The number of nitrogens with one attached hydrogen (secondary N) is 1. The molecule has 2 aromatic carbocycles. The summed E-state index contributed by atoms with van der Waals surface area (Å²) in [7, 11) is 0. The normalized spacial score (nSPS) is 10.7. The predicted octanol–water partition coefficient (Wildman–Crippen LogP) is 3.07. The fourth-order valence-corrected chi connectivity index (χ4v) is 2.63. The van der Waals surface area contributed by atoms with Gasteiger partial charge in [-0.15, -0.1) is 0 Å². The summed E-state index contributed by atoms with van der Waals surface area (Å²) in [4.78, 5) is 16.0. The number of nitrogens with zero attached hydrogens (tertiary/aromatic N) is 2. The number of hydrogen-bond acceptors (Lipinski definition) is 2. The van der Waals surface area contributed by atoms with Gasteiger partial charge in [0.15, 0.2) is 0 Å². The fourth-order valence-electron chi connectivity index (χ4n) is 2.63. The summed E-state index contributed by atoms with van der Waals surface area (Å²) in [5.74, 6) is 0.433. The van der Waals surface area contributed by atoms with Crippen LogP contribution in [0.2, 0.25) is 0 Å². The number of carbonyl (C=O) groups excluding carboxylic acids is 1. The van der Waals surface area contributed by atoms with Crippen LogP contribution >= 0.6 is 0 Å². The summed E-state index contributed by atoms with van der Waals surface area (Å²) < 4.78 is 15.2. The van der Waals surface area contributed by atoms with Crippen LogP contribution < -0.4 is 5.32 Å². The molecule has 0 saturated carbocycles. The van der Waals surface area contributed by atoms with Crippen LogP contribution in [0.5, 0.6) is 0 Å². The Kier molecular flexibility index (Phi) is 4.70. The molecule has 3 rings (SSSR count). The van der Waals surface area contributed by atoms with Crippen LogP contribution in [0.1, 0.15) is 11.4 Å². The SMILES string of the molecule is C=CC(=O)NCCc1nc2ccccc2n1Cc1ccc(F)cc1. The molecule has 0 unspecified atom stereocenters. The minimum Gasteiger partial charge on any atom is -0.352 e. The highest BCUT2D eigenvalue weighted by Gasteiger charge is 2.11. The lowest BCUT2D eigenvalue weighted by atomic mass is 10.2. The quantitative estimate of drug-likeness (QED) is 0.709. The minimum absolute atomic E-state index is 0.198. The van der Waals surface area contributed by atoms with Gasteiger partial charge in [0.1, 0.15) is 11.6 Å². The molecule has 0 saturated heterocycles. The van der Waals surface area contributed by atoms with Crippen molar-refractivity contribution in [2.75, 3.05) is 6.54 Å². The van der Waals surface area contributed by atoms with Crippen LogP contribution in [0.15, 0.2) is 61.2 Å². The number of benzene rings is 2. The number of para-hydroxylation sites is 2. The standard InChI is InChI=1S/C19H18FN3O/c1-2-19(24)21-12-11-18-22-16-5-3-4-6-17(16)23(18)13-14-7-9-15(20)10-8-14/h2-10H,1,11-13H2,(H,21,24). The van der Waals surface area contributed by atoms with Gasteiger partial charge in [-0.05, 0) is 35.9 Å². The lowest BCUT2D eigenvalue weighted by Gasteiger charge is -2.10. The van der Waals surface area contributed by atoms with E-state index in [1.165, 1.54) is 18.2 Å². The first-order valence-electron chi connectivity index (χ1n) is 7.76. The first-order valence-corrected chi connectivity index (χ1v) is 7.76. The number of rotatable bonds is 6. The molecule has 1 N–H and O–H groups in total. The lowest BCUT2D eigenvalue weighted by Crippen LogP contribution is -2.24. The Morgan fingerprint density at radius 1 is 1.21 bits per heavy atom. The van der Waals surface area contributed by atoms with Crippen molar-refractivity contribution in [2.45, 2.75) is 13.0 Å². The van der Waals surface area contributed by atoms with E-state index in [2.05, 4.69) is 21.4 Å². The Morgan fingerprint density at radius 3 is 2.71 bits per heavy atom. The van der Waals surface area contributed by atoms with E-state index in [4.69, 9.17) is 0 Å². The molecule has 0 fully saturated rings. The Labute approximate surface area is 139 Å². The summed E-state index contributed by atoms with van der Waals surface area (Å²) >= 11 is 0. The van der Waals surface area contributed by atoms with Crippen LogP contribution in [0.4, 0.5) is 4.39 Å². The molecule has 0 bridgehead atoms. The second-order valence-corrected chi connectivity index (χ2v) is 5.47. The van der Waals surface area contributed by atoms with Crippen molar-refractivity contribution >= 4 is 16.9 Å². The highest BCUT2D eigenvalue weighted by atomic mass is 19.1. The maximum atomic E-state index is 13.1. The van der Waals surface area contributed by atoms with Crippen molar-refractivity contribution in [3.63, 3.8) is 0 Å². The largest absolute Gasteiger partial charge is 0.352 e. The molecular weight excluding hydrogens is 305 g/mol. The van der Waals surface area contributed by atoms with Gasteiger partial charge in [-0.1, -0.05) is 30.8 Å². The second kappa shape index (κ2) is 7.08. The number of halogens is 1. The zero-order valence-electron chi connectivity index (χ0n) is 13.2. The number of carbonyl (C=O) groups is 1. The second-order valence-electron chi connectivity index (χ2n) is 5.47. The molecule has 1 amide bonds. The number of imidazole rings is 1. The molecular formula is C19H18FN3O. The van der Waals surface area contributed by atoms with Crippen LogP contribution in [0.25, 0.3) is 11.0 Å². The fraction of sp³-hybridized carbons (Fsp3) is 0.158. The van der Waals surface area contributed by atoms with Gasteiger partial charge in [0, 0.05) is 19.5 Å². The Hall–Kier alpha value is -2.95. The van der Waals surface area contributed by atoms with Crippen molar-refractivity contribution in [3.8, 4) is 0 Å². The Bertz CT molecular complexity index is 868. The zero-order valence-corrected chi connectivity index (χ0v) is 13.2. The third-order valence-corrected chi connectivity index (χ3v) is 3.82. The van der Waals surface area contributed by atoms with E-state index in [9.17, 15) is 9.18 Å². The lowest BCUT2D eigenvalue weighted by molar-refractivity contribution is -0.116. The predicted molar refractivity (Wildman–Crippen MR) is 92.1 cm³/mol. The van der Waals surface area contributed by atoms with Crippen LogP contribution in [0, 0.1) is 5.82 Å². The molecule has 0 spiro atoms. The van der Waals surface area contributed by atoms with E-state index in [1.54, 1.807) is 12.1 Å². The zero-order chi connectivity index (χ0) is 16.9. The summed E-state index contributed by atoms with van der Waals surface area (Å²) in [6.45, 7) is 4.52. The third-order valence-electron chi connectivity index (χ3n) is 3.82. The van der Waals surface area contributed by atoms with Gasteiger partial charge < -0.3 is 9.88 Å². The van der Waals surface area contributed by atoms with E-state index >= 15 is 0 Å². The molecule has 5 heteroatoms. The molecule has 24 heavy (non-hydrogen) atoms. The maximum absolute atomic E-state index is 13.1. The average molecular weight is 323 g/mol. The van der Waals surface area contributed by atoms with E-state index < -0.39 is 0 Å². The molecule has 0 aliphatic carbocycles. The summed E-state index contributed by atoms with van der Waals surface area (Å²) in [5, 5.41) is 2.76. The number of aromatic nitrogens is 2. The van der Waals surface area contributed by atoms with Crippen LogP contribution in [0.3, 0.4) is 0 Å². The molecule has 122 valence electrons. The average Bonchev–Trinajstić information content (AvgIpc) is 2.94. The molecule has 0 aliphatic heterocycles. The molecule has 0 radical (unpaired) electrons. The summed E-state index contributed by atoms with van der Waals surface area (Å²) in [6, 6.07) is 14.3. The van der Waals surface area contributed by atoms with Crippen LogP contribution in [-0.4, -0.2) is 22.0 Å². The van der Waals surface area contributed by atoms with Gasteiger partial charge in [0.05, 0.1) is 11.0 Å². The van der Waals surface area contributed by atoms with Gasteiger partial charge >= 0.3 is 0 Å². The Morgan fingerprint density at radius 2 is 1.96 bits per heavy atom. The molecule has 1 heterocycles. The van der Waals surface area contributed by atoms with Gasteiger partial charge in [-0.2, -0.15) is 0 Å². The smallest absolute Gasteiger partial charge is 0.243 e. The first kappa shape index (κ1) is 15.9. The van der Waals surface area contributed by atoms with Crippen molar-refractivity contribution in [1.82, 2.24) is 14.9 Å². The Balaban J connectivity index is 1.88. The minimum atomic E-state index is -0.249. The number of hydrogen-bond donors (Lipinski definition) is 1. The van der Waals surface area contributed by atoms with Crippen molar-refractivity contribution in [2.24, 2.45) is 0 Å². The highest BCUT2D eigenvalue weighted by molar-refractivity contribution is 5.86. The van der Waals surface area contributed by atoms with Gasteiger partial charge in [0.25, 0.3) is 0 Å². The molecule has 1 aromatic heterocycles. The van der Waals surface area contributed by atoms with E-state index in [0.29, 0.717) is 19.5 Å². The topological polar surface area (TPSA) is 46.9 Å². The van der Waals surface area contributed by atoms with Gasteiger partial charge in [-0.3, -0.25) is 4.79 Å². The van der Waals surface area contributed by atoms with Crippen LogP contribution in [-0.2, 0) is 17.8 Å². The van der Waals surface area contributed by atoms with E-state index in [0.717, 1.165) is 22.4 Å². The van der Waals surface area contributed by atoms with Crippen molar-refractivity contribution in [3.05, 3.63) is 78.4 Å². The summed E-state index contributed by atoms with van der Waals surface area (Å²) in [6.07, 6.45) is 1.86. The monoisotopic (exact) mass is 323 g/mol. The molecule has 4 nitrogen and oxygen atoms in total.